The Kier molecular flexibility index (Phi) is 8.02. The number of aryl methyl sites for hydroxylation is 1. The van der Waals surface area contributed by atoms with Gasteiger partial charge in [-0.2, -0.15) is 0 Å². The minimum absolute atomic E-state index is 0.0503. The van der Waals surface area contributed by atoms with E-state index >= 15 is 0 Å². The number of ether oxygens (including phenoxy) is 1. The average Bonchev–Trinajstić information content (AvgIpc) is 3.52. The van der Waals surface area contributed by atoms with Crippen LogP contribution in [-0.2, 0) is 14.9 Å². The van der Waals surface area contributed by atoms with Crippen molar-refractivity contribution in [3.63, 3.8) is 0 Å². The van der Waals surface area contributed by atoms with Gasteiger partial charge in [0.15, 0.2) is 0 Å². The van der Waals surface area contributed by atoms with E-state index in [1.54, 1.807) is 12.1 Å². The van der Waals surface area contributed by atoms with Crippen molar-refractivity contribution in [2.45, 2.75) is 81.5 Å². The lowest BCUT2D eigenvalue weighted by atomic mass is 9.70. The van der Waals surface area contributed by atoms with Crippen molar-refractivity contribution < 1.29 is 13.9 Å². The summed E-state index contributed by atoms with van der Waals surface area (Å²) in [6, 6.07) is 27.0. The highest BCUT2D eigenvalue weighted by molar-refractivity contribution is 5.77. The highest BCUT2D eigenvalue weighted by Crippen LogP contribution is 2.45. The molecule has 7 heteroatoms. The van der Waals surface area contributed by atoms with Gasteiger partial charge >= 0.3 is 5.97 Å². The molecule has 1 aromatic heterocycles. The van der Waals surface area contributed by atoms with E-state index in [9.17, 15) is 9.18 Å². The van der Waals surface area contributed by atoms with Crippen LogP contribution in [-0.4, -0.2) is 64.1 Å². The second-order valence-electron chi connectivity index (χ2n) is 13.2. The molecule has 2 unspecified atom stereocenters. The van der Waals surface area contributed by atoms with E-state index in [1.807, 2.05) is 0 Å². The number of nitrogens with zero attached hydrogens (tertiary/aromatic N) is 4. The highest BCUT2D eigenvalue weighted by atomic mass is 19.1. The van der Waals surface area contributed by atoms with Crippen molar-refractivity contribution in [1.82, 2.24) is 19.4 Å². The van der Waals surface area contributed by atoms with Gasteiger partial charge in [0.2, 0.25) is 0 Å². The lowest BCUT2D eigenvalue weighted by molar-refractivity contribution is -0.148. The van der Waals surface area contributed by atoms with Gasteiger partial charge in [-0.05, 0) is 99.2 Å². The fourth-order valence-electron chi connectivity index (χ4n) is 8.73. The van der Waals surface area contributed by atoms with E-state index in [4.69, 9.17) is 9.72 Å². The summed E-state index contributed by atoms with van der Waals surface area (Å²) in [5.74, 6) is 0.541. The number of imidazole rings is 1. The molecule has 0 saturated carbocycles. The second kappa shape index (κ2) is 12.1. The third kappa shape index (κ3) is 5.34. The molecule has 7 rings (SSSR count). The number of aromatic nitrogens is 2. The molecule has 44 heavy (non-hydrogen) atoms. The Bertz CT molecular complexity index is 1580. The molecule has 3 saturated heterocycles. The molecule has 0 spiro atoms. The molecule has 4 aromatic rings. The number of hydrogen-bond acceptors (Lipinski definition) is 5. The summed E-state index contributed by atoms with van der Waals surface area (Å²) in [6.45, 7) is 4.83. The Labute approximate surface area is 259 Å². The van der Waals surface area contributed by atoms with Crippen LogP contribution in [0.5, 0.6) is 0 Å². The van der Waals surface area contributed by atoms with E-state index in [1.165, 1.54) is 56.0 Å². The predicted octanol–water partition coefficient (Wildman–Crippen LogP) is 6.99. The predicted molar refractivity (Wildman–Crippen MR) is 171 cm³/mol. The van der Waals surface area contributed by atoms with Gasteiger partial charge < -0.3 is 9.30 Å². The number of rotatable bonds is 8. The molecule has 0 amide bonds. The van der Waals surface area contributed by atoms with Crippen LogP contribution in [0.25, 0.3) is 11.0 Å². The van der Waals surface area contributed by atoms with Gasteiger partial charge in [0.1, 0.15) is 17.7 Å². The van der Waals surface area contributed by atoms with Gasteiger partial charge in [0.05, 0.1) is 18.1 Å². The molecule has 4 atom stereocenters. The van der Waals surface area contributed by atoms with Crippen LogP contribution in [0.3, 0.4) is 0 Å². The molecule has 3 aliphatic heterocycles. The van der Waals surface area contributed by atoms with Crippen LogP contribution in [0.2, 0.25) is 0 Å². The summed E-state index contributed by atoms with van der Waals surface area (Å²) in [5, 5.41) is 0. The maximum atomic E-state index is 13.7. The summed E-state index contributed by atoms with van der Waals surface area (Å²) in [6.07, 6.45) is 7.96. The number of hydrogen-bond donors (Lipinski definition) is 0. The molecule has 2 bridgehead atoms. The smallest absolute Gasteiger partial charge is 0.327 e. The zero-order valence-corrected chi connectivity index (χ0v) is 25.9. The van der Waals surface area contributed by atoms with E-state index in [0.717, 1.165) is 55.8 Å². The summed E-state index contributed by atoms with van der Waals surface area (Å²) < 4.78 is 21.4. The van der Waals surface area contributed by atoms with Gasteiger partial charge in [-0.1, -0.05) is 54.6 Å². The molecule has 0 N–H and O–H groups in total. The molecule has 0 aliphatic carbocycles. The first-order chi connectivity index (χ1) is 21.5. The summed E-state index contributed by atoms with van der Waals surface area (Å²) in [4.78, 5) is 22.9. The van der Waals surface area contributed by atoms with Gasteiger partial charge in [0.25, 0.3) is 0 Å². The van der Waals surface area contributed by atoms with Crippen molar-refractivity contribution in [3.05, 3.63) is 102 Å². The average molecular weight is 595 g/mol. The molecule has 4 heterocycles. The molecule has 230 valence electrons. The Balaban J connectivity index is 1.08. The Morgan fingerprint density at radius 3 is 2.27 bits per heavy atom. The van der Waals surface area contributed by atoms with Gasteiger partial charge in [-0.15, -0.1) is 0 Å². The topological polar surface area (TPSA) is 50.6 Å². The van der Waals surface area contributed by atoms with E-state index in [-0.39, 0.29) is 17.2 Å². The summed E-state index contributed by atoms with van der Waals surface area (Å²) in [5.41, 5.74) is 4.60. The molecular formula is C37H43FN4O2. The maximum Gasteiger partial charge on any atom is 0.327 e. The summed E-state index contributed by atoms with van der Waals surface area (Å²) >= 11 is 0. The highest BCUT2D eigenvalue weighted by Gasteiger charge is 2.45. The fraction of sp³-hybridized carbons (Fsp3) is 0.459. The standard InChI is InChI=1S/C37H43FN4O2/c1-26-39-33-10-6-7-11-34(33)42(26)32-24-30-16-17-31(25-32)41(30)23-20-37(28-8-4-3-5-9-28)18-21-40(22-19-37)35(36(43)44-2)27-12-14-29(38)15-13-27/h3-15,30-32,35H,16-25H2,1-2H3/t30-,31+,32?,35?. The first-order valence-corrected chi connectivity index (χ1v) is 16.3. The number of esters is 1. The molecule has 3 fully saturated rings. The maximum absolute atomic E-state index is 13.7. The fourth-order valence-corrected chi connectivity index (χ4v) is 8.73. The number of methoxy groups -OCH3 is 1. The zero-order chi connectivity index (χ0) is 30.3. The van der Waals surface area contributed by atoms with E-state index in [2.05, 4.69) is 75.9 Å². The van der Waals surface area contributed by atoms with Gasteiger partial charge in [-0.3, -0.25) is 9.80 Å². The van der Waals surface area contributed by atoms with Gasteiger partial charge in [-0.25, -0.2) is 14.2 Å². The quantitative estimate of drug-likeness (QED) is 0.206. The Morgan fingerprint density at radius 1 is 0.932 bits per heavy atom. The molecule has 3 aromatic carbocycles. The number of likely N-dealkylation sites (tertiary alicyclic amines) is 1. The van der Waals surface area contributed by atoms with Crippen LogP contribution in [0.15, 0.2) is 78.9 Å². The monoisotopic (exact) mass is 594 g/mol. The van der Waals surface area contributed by atoms with Crippen molar-refractivity contribution >= 4 is 17.0 Å². The van der Waals surface area contributed by atoms with E-state index in [0.29, 0.717) is 18.1 Å². The van der Waals surface area contributed by atoms with Crippen molar-refractivity contribution in [3.8, 4) is 0 Å². The summed E-state index contributed by atoms with van der Waals surface area (Å²) in [7, 11) is 1.44. The molecule has 6 nitrogen and oxygen atoms in total. The van der Waals surface area contributed by atoms with Crippen LogP contribution < -0.4 is 0 Å². The largest absolute Gasteiger partial charge is 0.468 e. The number of piperidine rings is 2. The van der Waals surface area contributed by atoms with E-state index < -0.39 is 6.04 Å². The Morgan fingerprint density at radius 2 is 1.59 bits per heavy atom. The number of benzene rings is 3. The second-order valence-corrected chi connectivity index (χ2v) is 13.2. The molecule has 3 aliphatic rings. The molecular weight excluding hydrogens is 551 g/mol. The van der Waals surface area contributed by atoms with Crippen molar-refractivity contribution in [2.24, 2.45) is 0 Å². The van der Waals surface area contributed by atoms with Gasteiger partial charge in [0, 0.05) is 31.2 Å². The third-order valence-electron chi connectivity index (χ3n) is 11.0. The number of para-hydroxylation sites is 2. The minimum atomic E-state index is -0.521. The molecule has 0 radical (unpaired) electrons. The lowest BCUT2D eigenvalue weighted by Crippen LogP contribution is -2.49. The first-order valence-electron chi connectivity index (χ1n) is 16.3. The van der Waals surface area contributed by atoms with Crippen LogP contribution >= 0.6 is 0 Å². The number of fused-ring (bicyclic) bond motifs is 3. The third-order valence-corrected chi connectivity index (χ3v) is 11.0. The van der Waals surface area contributed by atoms with Crippen LogP contribution in [0.1, 0.15) is 74.0 Å². The van der Waals surface area contributed by atoms with Crippen LogP contribution in [0, 0.1) is 12.7 Å². The zero-order valence-electron chi connectivity index (χ0n) is 25.9. The number of halogens is 1. The normalized spacial score (nSPS) is 24.4. The minimum Gasteiger partial charge on any atom is -0.468 e. The first kappa shape index (κ1) is 29.2. The van der Waals surface area contributed by atoms with Crippen molar-refractivity contribution in [2.75, 3.05) is 26.7 Å². The SMILES string of the molecule is COC(=O)C(c1ccc(F)cc1)N1CCC(CCN2[C@@H]3CC[C@H]2CC(n2c(C)nc4ccccc42)C3)(c2ccccc2)CC1. The Hall–Kier alpha value is -3.55. The van der Waals surface area contributed by atoms with Crippen LogP contribution in [0.4, 0.5) is 4.39 Å². The lowest BCUT2D eigenvalue weighted by Gasteiger charge is -2.46. The van der Waals surface area contributed by atoms with Crippen molar-refractivity contribution in [1.29, 1.82) is 0 Å². The number of carbonyl (C=O) groups is 1. The number of carbonyl (C=O) groups excluding carboxylic acids is 1.